The molecule has 2 N–H and O–H groups in total. The van der Waals surface area contributed by atoms with Gasteiger partial charge in [-0.15, -0.1) is 0 Å². The average molecular weight is 550 g/mol. The number of hydrogen-bond donors (Lipinski definition) is 2. The number of carbonyl (C=O) groups is 2. The van der Waals surface area contributed by atoms with Gasteiger partial charge in [0.15, 0.2) is 0 Å². The Labute approximate surface area is 233 Å². The third-order valence-corrected chi connectivity index (χ3v) is 7.28. The highest BCUT2D eigenvalue weighted by Gasteiger charge is 2.25. The first-order valence-electron chi connectivity index (χ1n) is 12.7. The van der Waals surface area contributed by atoms with Crippen LogP contribution in [0.5, 0.6) is 0 Å². The molecule has 0 unspecified atom stereocenters. The van der Waals surface area contributed by atoms with E-state index >= 15 is 0 Å². The Morgan fingerprint density at radius 1 is 1.03 bits per heavy atom. The number of nitrogens with one attached hydrogen (secondary N) is 2. The molecule has 1 atom stereocenters. The van der Waals surface area contributed by atoms with Crippen LogP contribution in [0.2, 0.25) is 10.0 Å². The van der Waals surface area contributed by atoms with Gasteiger partial charge in [-0.2, -0.15) is 5.26 Å². The van der Waals surface area contributed by atoms with Gasteiger partial charge in [0.25, 0.3) is 0 Å². The lowest BCUT2D eigenvalue weighted by atomic mass is 9.93. The van der Waals surface area contributed by atoms with Crippen LogP contribution in [0, 0.1) is 11.3 Å². The summed E-state index contributed by atoms with van der Waals surface area (Å²) in [7, 11) is 0. The molecule has 0 spiro atoms. The Balaban J connectivity index is 1.49. The molecule has 1 fully saturated rings. The summed E-state index contributed by atoms with van der Waals surface area (Å²) in [6.45, 7) is 2.39. The number of amides is 2. The monoisotopic (exact) mass is 548 g/mol. The van der Waals surface area contributed by atoms with E-state index in [1.807, 2.05) is 49.4 Å². The van der Waals surface area contributed by atoms with Crippen molar-refractivity contribution in [2.24, 2.45) is 0 Å². The van der Waals surface area contributed by atoms with Crippen LogP contribution in [-0.4, -0.2) is 35.8 Å². The summed E-state index contributed by atoms with van der Waals surface area (Å²) >= 11 is 12.1. The third kappa shape index (κ3) is 7.35. The number of anilines is 1. The van der Waals surface area contributed by atoms with Crippen molar-refractivity contribution < 1.29 is 9.59 Å². The zero-order chi connectivity index (χ0) is 27.1. The predicted octanol–water partition coefficient (Wildman–Crippen LogP) is 6.59. The van der Waals surface area contributed by atoms with Crippen LogP contribution in [-0.2, 0) is 9.59 Å². The first-order chi connectivity index (χ1) is 18.3. The number of benzene rings is 3. The molecule has 8 heteroatoms. The van der Waals surface area contributed by atoms with Gasteiger partial charge >= 0.3 is 0 Å². The smallest absolute Gasteiger partial charge is 0.244 e. The van der Waals surface area contributed by atoms with Gasteiger partial charge in [-0.3, -0.25) is 9.59 Å². The minimum Gasteiger partial charge on any atom is -0.327 e. The molecular weight excluding hydrogens is 519 g/mol. The van der Waals surface area contributed by atoms with Gasteiger partial charge in [0.1, 0.15) is 6.54 Å². The fraction of sp³-hybridized carbons (Fsp3) is 0.300. The highest BCUT2D eigenvalue weighted by molar-refractivity contribution is 6.35. The van der Waals surface area contributed by atoms with E-state index in [0.29, 0.717) is 40.3 Å². The number of carbonyl (C=O) groups excluding carboxylic acids is 2. The fourth-order valence-corrected chi connectivity index (χ4v) is 4.99. The Bertz CT molecular complexity index is 1310. The maximum atomic E-state index is 13.3. The van der Waals surface area contributed by atoms with E-state index in [4.69, 9.17) is 23.2 Å². The van der Waals surface area contributed by atoms with Crippen LogP contribution in [0.4, 0.5) is 5.69 Å². The molecule has 3 aromatic rings. The van der Waals surface area contributed by atoms with Crippen molar-refractivity contribution in [2.45, 2.75) is 44.7 Å². The van der Waals surface area contributed by atoms with E-state index in [9.17, 15) is 14.9 Å². The van der Waals surface area contributed by atoms with Crippen molar-refractivity contribution in [3.63, 3.8) is 0 Å². The summed E-state index contributed by atoms with van der Waals surface area (Å²) in [5.74, 6) is -0.435. The molecule has 0 aliphatic heterocycles. The molecule has 38 heavy (non-hydrogen) atoms. The standard InChI is InChI=1S/C30H30Cl2N4O2/c1-20(22-8-10-23(11-9-22)24-5-2-4-21(14-24)18-33)36(30(38)12-13-34-27-6-3-7-27)19-29(37)35-28-16-25(31)15-26(32)17-28/h2,4-5,8-11,14-17,20,27,34H,3,6-7,12-13,19H2,1H3,(H,35,37)/t20-/m0/s1. The molecule has 0 radical (unpaired) electrons. The summed E-state index contributed by atoms with van der Waals surface area (Å²) in [5, 5.41) is 16.3. The topological polar surface area (TPSA) is 85.2 Å². The minimum absolute atomic E-state index is 0.102. The molecule has 0 aromatic heterocycles. The van der Waals surface area contributed by atoms with Gasteiger partial charge in [0, 0.05) is 34.7 Å². The highest BCUT2D eigenvalue weighted by atomic mass is 35.5. The van der Waals surface area contributed by atoms with Gasteiger partial charge in [-0.25, -0.2) is 0 Å². The molecule has 0 bridgehead atoms. The first-order valence-corrected chi connectivity index (χ1v) is 13.5. The number of rotatable bonds is 10. The summed E-state index contributed by atoms with van der Waals surface area (Å²) in [4.78, 5) is 27.9. The Morgan fingerprint density at radius 2 is 1.74 bits per heavy atom. The van der Waals surface area contributed by atoms with Crippen molar-refractivity contribution in [1.29, 1.82) is 5.26 Å². The molecule has 0 heterocycles. The number of halogens is 2. The molecule has 196 valence electrons. The van der Waals surface area contributed by atoms with Gasteiger partial charge in [-0.05, 0) is 66.8 Å². The van der Waals surface area contributed by atoms with E-state index in [0.717, 1.165) is 29.5 Å². The van der Waals surface area contributed by atoms with Crippen LogP contribution in [0.25, 0.3) is 11.1 Å². The Kier molecular flexibility index (Phi) is 9.41. The predicted molar refractivity (Wildman–Crippen MR) is 152 cm³/mol. The molecule has 0 saturated heterocycles. The van der Waals surface area contributed by atoms with E-state index < -0.39 is 0 Å². The van der Waals surface area contributed by atoms with Gasteiger partial charge in [-0.1, -0.05) is 66.0 Å². The molecule has 1 aliphatic rings. The van der Waals surface area contributed by atoms with Crippen LogP contribution in [0.15, 0.2) is 66.7 Å². The van der Waals surface area contributed by atoms with Gasteiger partial charge < -0.3 is 15.5 Å². The Morgan fingerprint density at radius 3 is 2.37 bits per heavy atom. The second-order valence-electron chi connectivity index (χ2n) is 9.55. The lowest BCUT2D eigenvalue weighted by Crippen LogP contribution is -2.42. The van der Waals surface area contributed by atoms with Crippen molar-refractivity contribution in [3.8, 4) is 17.2 Å². The van der Waals surface area contributed by atoms with Gasteiger partial charge in [0.2, 0.25) is 11.8 Å². The highest BCUT2D eigenvalue weighted by Crippen LogP contribution is 2.27. The molecule has 4 rings (SSSR count). The van der Waals surface area contributed by atoms with E-state index in [2.05, 4.69) is 16.7 Å². The minimum atomic E-state index is -0.334. The fourth-order valence-electron chi connectivity index (χ4n) is 4.46. The van der Waals surface area contributed by atoms with Crippen LogP contribution in [0.3, 0.4) is 0 Å². The summed E-state index contributed by atoms with van der Waals surface area (Å²) < 4.78 is 0. The number of hydrogen-bond acceptors (Lipinski definition) is 4. The third-order valence-electron chi connectivity index (χ3n) is 6.84. The quantitative estimate of drug-likeness (QED) is 0.299. The molecule has 2 amide bonds. The Hall–Kier alpha value is -3.37. The van der Waals surface area contributed by atoms with E-state index in [1.165, 1.54) is 6.42 Å². The summed E-state index contributed by atoms with van der Waals surface area (Å²) in [6.07, 6.45) is 3.81. The average Bonchev–Trinajstić information content (AvgIpc) is 2.87. The maximum Gasteiger partial charge on any atom is 0.244 e. The van der Waals surface area contributed by atoms with Crippen LogP contribution < -0.4 is 10.6 Å². The largest absolute Gasteiger partial charge is 0.327 e. The van der Waals surface area contributed by atoms with Crippen molar-refractivity contribution in [2.75, 3.05) is 18.4 Å². The van der Waals surface area contributed by atoms with Crippen LogP contribution in [0.1, 0.15) is 49.8 Å². The van der Waals surface area contributed by atoms with Gasteiger partial charge in [0.05, 0.1) is 17.7 Å². The molecule has 1 saturated carbocycles. The van der Waals surface area contributed by atoms with Crippen molar-refractivity contribution in [1.82, 2.24) is 10.2 Å². The lowest BCUT2D eigenvalue weighted by Gasteiger charge is -2.31. The van der Waals surface area contributed by atoms with E-state index in [1.54, 1.807) is 29.2 Å². The molecule has 1 aliphatic carbocycles. The summed E-state index contributed by atoms with van der Waals surface area (Å²) in [5.41, 5.74) is 3.89. The second kappa shape index (κ2) is 12.9. The zero-order valence-corrected chi connectivity index (χ0v) is 22.7. The molecule has 6 nitrogen and oxygen atoms in total. The maximum absolute atomic E-state index is 13.3. The second-order valence-corrected chi connectivity index (χ2v) is 10.4. The van der Waals surface area contributed by atoms with Crippen molar-refractivity contribution >= 4 is 40.7 Å². The molecule has 3 aromatic carbocycles. The SMILES string of the molecule is C[C@@H](c1ccc(-c2cccc(C#N)c2)cc1)N(CC(=O)Nc1cc(Cl)cc(Cl)c1)C(=O)CCNC1CCC1. The molecular formula is C30H30Cl2N4O2. The van der Waals surface area contributed by atoms with Crippen molar-refractivity contribution in [3.05, 3.63) is 87.9 Å². The zero-order valence-electron chi connectivity index (χ0n) is 21.2. The van der Waals surface area contributed by atoms with Crippen LogP contribution >= 0.6 is 23.2 Å². The summed E-state index contributed by atoms with van der Waals surface area (Å²) in [6, 6.07) is 22.4. The number of nitrogens with zero attached hydrogens (tertiary/aromatic N) is 2. The van der Waals surface area contributed by atoms with E-state index in [-0.39, 0.29) is 24.4 Å². The normalized spacial score (nSPS) is 13.7. The number of nitriles is 1. The first kappa shape index (κ1) is 27.7. The lowest BCUT2D eigenvalue weighted by molar-refractivity contribution is -0.136.